The summed E-state index contributed by atoms with van der Waals surface area (Å²) in [6.07, 6.45) is -2.10. The number of nitrogens with one attached hydrogen (secondary N) is 1. The molecule has 0 bridgehead atoms. The summed E-state index contributed by atoms with van der Waals surface area (Å²) in [5.74, 6) is 0.189. The fourth-order valence-corrected chi connectivity index (χ4v) is 7.13. The Hall–Kier alpha value is -1.89. The number of carbonyl (C=O) groups is 1. The number of amides is 1. The van der Waals surface area contributed by atoms with Gasteiger partial charge in [-0.3, -0.25) is 5.32 Å². The first-order valence-corrected chi connectivity index (χ1v) is 14.1. The highest BCUT2D eigenvalue weighted by Gasteiger charge is 2.48. The van der Waals surface area contributed by atoms with E-state index >= 15 is 0 Å². The molecule has 8 nitrogen and oxygen atoms in total. The van der Waals surface area contributed by atoms with Crippen LogP contribution in [0.15, 0.2) is 29.2 Å². The van der Waals surface area contributed by atoms with Crippen molar-refractivity contribution in [3.63, 3.8) is 0 Å². The molecule has 208 valence electrons. The molecule has 1 aliphatic carbocycles. The molecule has 3 fully saturated rings. The quantitative estimate of drug-likeness (QED) is 0.598. The van der Waals surface area contributed by atoms with Crippen LogP contribution in [-0.4, -0.2) is 74.4 Å². The summed E-state index contributed by atoms with van der Waals surface area (Å²) in [5.41, 5.74) is -1.50. The number of hydrogen-bond donors (Lipinski definition) is 1. The standard InChI is InChI=1S/C25H36F3N3O5S/c1-24(2,3)36-23(32)30(4)21-6-5-13-35-22(21)29-20-12-7-16-14-31(15-19(16)20)37(33,34)18-10-8-17(9-11-18)25(26,27)28/h8-11,16,19-22,29H,5-7,12-15H2,1-4H3/t16-,19+,20+,21?,22?/m0/s1. The van der Waals surface area contributed by atoms with E-state index in [1.54, 1.807) is 11.9 Å². The Morgan fingerprint density at radius 1 is 1.11 bits per heavy atom. The molecule has 1 saturated carbocycles. The smallest absolute Gasteiger partial charge is 0.416 e. The van der Waals surface area contributed by atoms with Gasteiger partial charge in [-0.15, -0.1) is 0 Å². The lowest BCUT2D eigenvalue weighted by Gasteiger charge is -2.40. The molecule has 12 heteroatoms. The molecular formula is C25H36F3N3O5S. The van der Waals surface area contributed by atoms with Crippen molar-refractivity contribution in [2.45, 2.75) is 81.4 Å². The summed E-state index contributed by atoms with van der Waals surface area (Å²) in [5, 5.41) is 3.56. The van der Waals surface area contributed by atoms with Crippen molar-refractivity contribution in [3.05, 3.63) is 29.8 Å². The van der Waals surface area contributed by atoms with Crippen LogP contribution in [-0.2, 0) is 25.7 Å². The fourth-order valence-electron chi connectivity index (χ4n) is 5.59. The van der Waals surface area contributed by atoms with Crippen LogP contribution in [0.2, 0.25) is 0 Å². The van der Waals surface area contributed by atoms with Crippen molar-refractivity contribution in [1.29, 1.82) is 0 Å². The number of hydrogen-bond acceptors (Lipinski definition) is 6. The highest BCUT2D eigenvalue weighted by molar-refractivity contribution is 7.89. The van der Waals surface area contributed by atoms with E-state index in [0.717, 1.165) is 49.9 Å². The number of benzene rings is 1. The Balaban J connectivity index is 1.42. The molecule has 1 N–H and O–H groups in total. The average Bonchev–Trinajstić information content (AvgIpc) is 3.40. The van der Waals surface area contributed by atoms with Gasteiger partial charge < -0.3 is 14.4 Å². The van der Waals surface area contributed by atoms with E-state index in [1.807, 2.05) is 20.8 Å². The second-order valence-corrected chi connectivity index (χ2v) is 13.1. The normalized spacial score (nSPS) is 29.2. The molecule has 0 radical (unpaired) electrons. The zero-order valence-corrected chi connectivity index (χ0v) is 22.4. The molecule has 2 unspecified atom stereocenters. The van der Waals surface area contributed by atoms with Crippen molar-refractivity contribution in [2.75, 3.05) is 26.7 Å². The Labute approximate surface area is 216 Å². The van der Waals surface area contributed by atoms with Crippen molar-refractivity contribution >= 4 is 16.1 Å². The first kappa shape index (κ1) is 28.1. The van der Waals surface area contributed by atoms with E-state index in [9.17, 15) is 26.4 Å². The fraction of sp³-hybridized carbons (Fsp3) is 0.720. The Morgan fingerprint density at radius 3 is 2.41 bits per heavy atom. The molecule has 5 atom stereocenters. The third-order valence-electron chi connectivity index (χ3n) is 7.49. The van der Waals surface area contributed by atoms with Crippen LogP contribution in [0, 0.1) is 11.8 Å². The lowest BCUT2D eigenvalue weighted by Crippen LogP contribution is -2.57. The van der Waals surface area contributed by atoms with Gasteiger partial charge >= 0.3 is 12.3 Å². The number of halogens is 3. The Bertz CT molecular complexity index is 1070. The van der Waals surface area contributed by atoms with Crippen molar-refractivity contribution in [2.24, 2.45) is 11.8 Å². The van der Waals surface area contributed by atoms with E-state index in [2.05, 4.69) is 5.32 Å². The van der Waals surface area contributed by atoms with Gasteiger partial charge in [0.1, 0.15) is 11.8 Å². The van der Waals surface area contributed by atoms with Crippen LogP contribution in [0.1, 0.15) is 52.0 Å². The second kappa shape index (κ2) is 10.3. The van der Waals surface area contributed by atoms with Gasteiger partial charge in [-0.05, 0) is 82.6 Å². The summed E-state index contributed by atoms with van der Waals surface area (Å²) in [7, 11) is -2.21. The number of ether oxygens (including phenoxy) is 2. The monoisotopic (exact) mass is 547 g/mol. The third-order valence-corrected chi connectivity index (χ3v) is 9.34. The number of carbonyl (C=O) groups excluding carboxylic acids is 1. The molecule has 3 aliphatic rings. The van der Waals surface area contributed by atoms with Crippen LogP contribution in [0.25, 0.3) is 0 Å². The highest BCUT2D eigenvalue weighted by Crippen LogP contribution is 2.41. The number of alkyl halides is 3. The van der Waals surface area contributed by atoms with Crippen LogP contribution in [0.5, 0.6) is 0 Å². The second-order valence-electron chi connectivity index (χ2n) is 11.2. The SMILES string of the molecule is CN(C(=O)OC(C)(C)C)C1CCCOC1N[C@@H]1CC[C@H]2CN(S(=O)(=O)c3ccc(C(F)(F)F)cc3)C[C@H]21. The van der Waals surface area contributed by atoms with E-state index in [4.69, 9.17) is 9.47 Å². The zero-order valence-electron chi connectivity index (χ0n) is 21.6. The molecule has 1 amide bonds. The van der Waals surface area contributed by atoms with E-state index in [0.29, 0.717) is 13.2 Å². The minimum atomic E-state index is -4.53. The minimum absolute atomic E-state index is 0.00422. The van der Waals surface area contributed by atoms with Crippen LogP contribution < -0.4 is 5.32 Å². The Kier molecular flexibility index (Phi) is 7.87. The highest BCUT2D eigenvalue weighted by atomic mass is 32.2. The van der Waals surface area contributed by atoms with Crippen molar-refractivity contribution < 1.29 is 35.9 Å². The van der Waals surface area contributed by atoms with Gasteiger partial charge in [-0.25, -0.2) is 13.2 Å². The lowest BCUT2D eigenvalue weighted by atomic mass is 9.97. The van der Waals surface area contributed by atoms with Gasteiger partial charge in [0.15, 0.2) is 0 Å². The maximum atomic E-state index is 13.2. The first-order chi connectivity index (χ1) is 17.2. The maximum Gasteiger partial charge on any atom is 0.416 e. The first-order valence-electron chi connectivity index (χ1n) is 12.7. The van der Waals surface area contributed by atoms with Crippen LogP contribution in [0.3, 0.4) is 0 Å². The number of likely N-dealkylation sites (N-methyl/N-ethyl adjacent to an activating group) is 1. The number of nitrogens with zero attached hydrogens (tertiary/aromatic N) is 2. The van der Waals surface area contributed by atoms with Gasteiger partial charge in [0.25, 0.3) is 0 Å². The maximum absolute atomic E-state index is 13.2. The summed E-state index contributed by atoms with van der Waals surface area (Å²) < 4.78 is 78.0. The molecule has 1 aromatic rings. The molecule has 1 aromatic carbocycles. The molecule has 0 aromatic heterocycles. The van der Waals surface area contributed by atoms with E-state index < -0.39 is 39.7 Å². The molecule has 2 heterocycles. The molecule has 37 heavy (non-hydrogen) atoms. The predicted octanol–water partition coefficient (Wildman–Crippen LogP) is 4.07. The van der Waals surface area contributed by atoms with Crippen molar-refractivity contribution in [3.8, 4) is 0 Å². The van der Waals surface area contributed by atoms with Gasteiger partial charge in [-0.2, -0.15) is 17.5 Å². The summed E-state index contributed by atoms with van der Waals surface area (Å²) in [6, 6.07) is 3.42. The minimum Gasteiger partial charge on any atom is -0.444 e. The number of rotatable bonds is 5. The van der Waals surface area contributed by atoms with Gasteiger partial charge in [0.2, 0.25) is 10.0 Å². The predicted molar refractivity (Wildman–Crippen MR) is 130 cm³/mol. The van der Waals surface area contributed by atoms with Gasteiger partial charge in [-0.1, -0.05) is 0 Å². The van der Waals surface area contributed by atoms with Crippen LogP contribution in [0.4, 0.5) is 18.0 Å². The lowest BCUT2D eigenvalue weighted by molar-refractivity contribution is -0.137. The molecule has 0 spiro atoms. The molecule has 4 rings (SSSR count). The largest absolute Gasteiger partial charge is 0.444 e. The summed E-state index contributed by atoms with van der Waals surface area (Å²) >= 11 is 0. The zero-order chi connectivity index (χ0) is 27.2. The molecule has 2 aliphatic heterocycles. The molecule has 2 saturated heterocycles. The van der Waals surface area contributed by atoms with E-state index in [-0.39, 0.29) is 35.4 Å². The summed E-state index contributed by atoms with van der Waals surface area (Å²) in [4.78, 5) is 14.1. The Morgan fingerprint density at radius 2 is 1.78 bits per heavy atom. The van der Waals surface area contributed by atoms with E-state index in [1.165, 1.54) is 4.31 Å². The van der Waals surface area contributed by atoms with Gasteiger partial charge in [0, 0.05) is 32.8 Å². The topological polar surface area (TPSA) is 88.2 Å². The number of fused-ring (bicyclic) bond motifs is 1. The van der Waals surface area contributed by atoms with Crippen molar-refractivity contribution in [1.82, 2.24) is 14.5 Å². The number of sulfonamides is 1. The molecular weight excluding hydrogens is 511 g/mol. The summed E-state index contributed by atoms with van der Waals surface area (Å²) in [6.45, 7) is 6.62. The van der Waals surface area contributed by atoms with Gasteiger partial charge in [0.05, 0.1) is 16.5 Å². The average molecular weight is 548 g/mol. The van der Waals surface area contributed by atoms with Crippen LogP contribution >= 0.6 is 0 Å². The third kappa shape index (κ3) is 6.23.